The second kappa shape index (κ2) is 7.99. The number of rotatable bonds is 6. The van der Waals surface area contributed by atoms with E-state index in [1.165, 1.54) is 5.56 Å². The Morgan fingerprint density at radius 1 is 1.04 bits per heavy atom. The zero-order valence-electron chi connectivity index (χ0n) is 15.4. The monoisotopic (exact) mass is 356 g/mol. The van der Waals surface area contributed by atoms with E-state index in [0.717, 1.165) is 29.2 Å². The molecule has 2 aromatic rings. The number of benzene rings is 2. The third-order valence-electron chi connectivity index (χ3n) is 4.58. The summed E-state index contributed by atoms with van der Waals surface area (Å²) in [6.07, 6.45) is 0.806. The standard InChI is InChI=1S/C20H24N2O4/c1-24-17-6-4-5-16(11-17)21-12-20(23)22-8-7-14-9-18(25-2)19(26-3)10-15(14)13-22/h4-6,9-11,21H,7-8,12-13H2,1-3H3. The molecule has 138 valence electrons. The minimum atomic E-state index is 0.0632. The average molecular weight is 356 g/mol. The van der Waals surface area contributed by atoms with Gasteiger partial charge in [0.25, 0.3) is 0 Å². The van der Waals surface area contributed by atoms with Gasteiger partial charge in [0.1, 0.15) is 5.75 Å². The highest BCUT2D eigenvalue weighted by Gasteiger charge is 2.22. The molecule has 0 aromatic heterocycles. The van der Waals surface area contributed by atoms with Crippen LogP contribution >= 0.6 is 0 Å². The maximum absolute atomic E-state index is 12.6. The van der Waals surface area contributed by atoms with Crippen molar-refractivity contribution >= 4 is 11.6 Å². The molecule has 0 saturated carbocycles. The molecule has 0 bridgehead atoms. The van der Waals surface area contributed by atoms with Gasteiger partial charge in [0, 0.05) is 24.8 Å². The van der Waals surface area contributed by atoms with Gasteiger partial charge in [-0.15, -0.1) is 0 Å². The molecular weight excluding hydrogens is 332 g/mol. The molecule has 6 heteroatoms. The van der Waals surface area contributed by atoms with Crippen LogP contribution in [0, 0.1) is 0 Å². The third kappa shape index (κ3) is 3.85. The molecule has 0 saturated heterocycles. The summed E-state index contributed by atoms with van der Waals surface area (Å²) < 4.78 is 15.9. The van der Waals surface area contributed by atoms with Gasteiger partial charge in [0.15, 0.2) is 11.5 Å². The Hall–Kier alpha value is -2.89. The summed E-state index contributed by atoms with van der Waals surface area (Å²) in [5.41, 5.74) is 3.16. The number of fused-ring (bicyclic) bond motifs is 1. The van der Waals surface area contributed by atoms with Crippen molar-refractivity contribution in [3.63, 3.8) is 0 Å². The van der Waals surface area contributed by atoms with Crippen molar-refractivity contribution in [2.24, 2.45) is 0 Å². The lowest BCUT2D eigenvalue weighted by molar-refractivity contribution is -0.130. The van der Waals surface area contributed by atoms with E-state index in [1.54, 1.807) is 21.3 Å². The summed E-state index contributed by atoms with van der Waals surface area (Å²) in [5, 5.41) is 3.17. The van der Waals surface area contributed by atoms with Gasteiger partial charge in [0.05, 0.1) is 27.9 Å². The number of carbonyl (C=O) groups excluding carboxylic acids is 1. The molecule has 6 nitrogen and oxygen atoms in total. The highest BCUT2D eigenvalue weighted by Crippen LogP contribution is 2.33. The normalized spacial score (nSPS) is 13.0. The van der Waals surface area contributed by atoms with Gasteiger partial charge in [-0.3, -0.25) is 4.79 Å². The highest BCUT2D eigenvalue weighted by atomic mass is 16.5. The minimum absolute atomic E-state index is 0.0632. The summed E-state index contributed by atoms with van der Waals surface area (Å²) in [7, 11) is 4.87. The van der Waals surface area contributed by atoms with Crippen molar-refractivity contribution in [2.45, 2.75) is 13.0 Å². The largest absolute Gasteiger partial charge is 0.497 e. The van der Waals surface area contributed by atoms with Crippen molar-refractivity contribution in [2.75, 3.05) is 39.7 Å². The predicted molar refractivity (Wildman–Crippen MR) is 100 cm³/mol. The fourth-order valence-corrected chi connectivity index (χ4v) is 3.12. The second-order valence-corrected chi connectivity index (χ2v) is 6.13. The van der Waals surface area contributed by atoms with Crippen LogP contribution in [0.25, 0.3) is 0 Å². The number of anilines is 1. The van der Waals surface area contributed by atoms with Crippen molar-refractivity contribution in [1.82, 2.24) is 4.90 Å². The average Bonchev–Trinajstić information content (AvgIpc) is 2.70. The quantitative estimate of drug-likeness (QED) is 0.862. The van der Waals surface area contributed by atoms with Crippen molar-refractivity contribution < 1.29 is 19.0 Å². The molecule has 0 aliphatic carbocycles. The smallest absolute Gasteiger partial charge is 0.242 e. The molecular formula is C20H24N2O4. The zero-order chi connectivity index (χ0) is 18.5. The van der Waals surface area contributed by atoms with Gasteiger partial charge in [-0.2, -0.15) is 0 Å². The maximum atomic E-state index is 12.6. The number of methoxy groups -OCH3 is 3. The topological polar surface area (TPSA) is 60.0 Å². The lowest BCUT2D eigenvalue weighted by Gasteiger charge is -2.30. The van der Waals surface area contributed by atoms with Gasteiger partial charge >= 0.3 is 0 Å². The minimum Gasteiger partial charge on any atom is -0.497 e. The first-order chi connectivity index (χ1) is 12.6. The maximum Gasteiger partial charge on any atom is 0.242 e. The van der Waals surface area contributed by atoms with E-state index in [1.807, 2.05) is 41.3 Å². The van der Waals surface area contributed by atoms with Gasteiger partial charge in [0.2, 0.25) is 5.91 Å². The van der Waals surface area contributed by atoms with E-state index < -0.39 is 0 Å². The predicted octanol–water partition coefficient (Wildman–Crippen LogP) is 2.71. The fourth-order valence-electron chi connectivity index (χ4n) is 3.12. The Kier molecular flexibility index (Phi) is 5.51. The van der Waals surface area contributed by atoms with Gasteiger partial charge < -0.3 is 24.4 Å². The molecule has 26 heavy (non-hydrogen) atoms. The molecule has 1 aliphatic rings. The van der Waals surface area contributed by atoms with Crippen LogP contribution in [-0.2, 0) is 17.8 Å². The van der Waals surface area contributed by atoms with Crippen molar-refractivity contribution in [3.8, 4) is 17.2 Å². The number of nitrogens with one attached hydrogen (secondary N) is 1. The van der Waals surface area contributed by atoms with Crippen LogP contribution in [0.2, 0.25) is 0 Å². The molecule has 1 heterocycles. The SMILES string of the molecule is COc1cccc(NCC(=O)N2CCc3cc(OC)c(OC)cc3C2)c1. The van der Waals surface area contributed by atoms with Gasteiger partial charge in [-0.1, -0.05) is 6.07 Å². The van der Waals surface area contributed by atoms with E-state index >= 15 is 0 Å². The van der Waals surface area contributed by atoms with Crippen LogP contribution in [0.1, 0.15) is 11.1 Å². The first-order valence-corrected chi connectivity index (χ1v) is 8.54. The molecule has 3 rings (SSSR count). The Morgan fingerprint density at radius 3 is 2.46 bits per heavy atom. The molecule has 0 radical (unpaired) electrons. The number of nitrogens with zero attached hydrogens (tertiary/aromatic N) is 1. The first-order valence-electron chi connectivity index (χ1n) is 8.54. The Morgan fingerprint density at radius 2 is 1.77 bits per heavy atom. The number of hydrogen-bond acceptors (Lipinski definition) is 5. The number of amides is 1. The van der Waals surface area contributed by atoms with E-state index in [2.05, 4.69) is 5.32 Å². The van der Waals surface area contributed by atoms with Crippen LogP contribution in [-0.4, -0.2) is 45.2 Å². The number of hydrogen-bond donors (Lipinski definition) is 1. The van der Waals surface area contributed by atoms with E-state index in [-0.39, 0.29) is 12.5 Å². The summed E-state index contributed by atoms with van der Waals surface area (Å²) in [5.74, 6) is 2.24. The Bertz CT molecular complexity index is 791. The highest BCUT2D eigenvalue weighted by molar-refractivity contribution is 5.81. The third-order valence-corrected chi connectivity index (χ3v) is 4.58. The second-order valence-electron chi connectivity index (χ2n) is 6.13. The Balaban J connectivity index is 1.65. The molecule has 0 unspecified atom stereocenters. The van der Waals surface area contributed by atoms with Crippen molar-refractivity contribution in [3.05, 3.63) is 47.5 Å². The molecule has 1 N–H and O–H groups in total. The van der Waals surface area contributed by atoms with Crippen molar-refractivity contribution in [1.29, 1.82) is 0 Å². The molecule has 1 aliphatic heterocycles. The molecule has 0 fully saturated rings. The molecule has 0 atom stereocenters. The van der Waals surface area contributed by atoms with Gasteiger partial charge in [-0.25, -0.2) is 0 Å². The molecule has 0 spiro atoms. The number of ether oxygens (including phenoxy) is 3. The van der Waals surface area contributed by atoms with Crippen LogP contribution in [0.3, 0.4) is 0 Å². The van der Waals surface area contributed by atoms with Crippen LogP contribution in [0.5, 0.6) is 17.2 Å². The summed E-state index contributed by atoms with van der Waals surface area (Å²) in [4.78, 5) is 14.5. The van der Waals surface area contributed by atoms with Crippen LogP contribution in [0.15, 0.2) is 36.4 Å². The lowest BCUT2D eigenvalue weighted by Crippen LogP contribution is -2.39. The first kappa shape index (κ1) is 17.9. The van der Waals surface area contributed by atoms with Gasteiger partial charge in [-0.05, 0) is 41.8 Å². The summed E-state index contributed by atoms with van der Waals surface area (Å²) in [6, 6.07) is 11.5. The zero-order valence-corrected chi connectivity index (χ0v) is 15.4. The molecule has 2 aromatic carbocycles. The van der Waals surface area contributed by atoms with E-state index in [4.69, 9.17) is 14.2 Å². The number of carbonyl (C=O) groups is 1. The fraction of sp³-hybridized carbons (Fsp3) is 0.350. The van der Waals surface area contributed by atoms with Crippen LogP contribution < -0.4 is 19.5 Å². The van der Waals surface area contributed by atoms with E-state index in [0.29, 0.717) is 18.8 Å². The summed E-state index contributed by atoms with van der Waals surface area (Å²) in [6.45, 7) is 1.52. The van der Waals surface area contributed by atoms with E-state index in [9.17, 15) is 4.79 Å². The molecule has 1 amide bonds. The Labute approximate surface area is 153 Å². The lowest BCUT2D eigenvalue weighted by atomic mass is 9.98. The van der Waals surface area contributed by atoms with Crippen LogP contribution in [0.4, 0.5) is 5.69 Å². The summed E-state index contributed by atoms with van der Waals surface area (Å²) >= 11 is 0.